The molecule has 1 fully saturated rings. The lowest BCUT2D eigenvalue weighted by Gasteiger charge is -2.42. The molecular weight excluding hydrogens is 378 g/mol. The van der Waals surface area contributed by atoms with Gasteiger partial charge in [0.2, 0.25) is 0 Å². The van der Waals surface area contributed by atoms with Crippen LogP contribution in [0.1, 0.15) is 37.9 Å². The molecule has 2 bridgehead atoms. The highest BCUT2D eigenvalue weighted by atomic mass is 16.5. The molecule has 0 saturated carbocycles. The van der Waals surface area contributed by atoms with Crippen LogP contribution < -0.4 is 10.3 Å². The molecule has 30 heavy (non-hydrogen) atoms. The molecule has 0 radical (unpaired) electrons. The van der Waals surface area contributed by atoms with E-state index in [-0.39, 0.29) is 24.0 Å². The fraction of sp³-hybridized carbons (Fsp3) is 0.417. The van der Waals surface area contributed by atoms with Crippen LogP contribution in [0.3, 0.4) is 0 Å². The van der Waals surface area contributed by atoms with Crippen molar-refractivity contribution in [2.45, 2.75) is 38.8 Å². The summed E-state index contributed by atoms with van der Waals surface area (Å²) in [7, 11) is 0. The second kappa shape index (κ2) is 7.35. The van der Waals surface area contributed by atoms with Gasteiger partial charge in [-0.05, 0) is 50.5 Å². The van der Waals surface area contributed by atoms with E-state index in [0.29, 0.717) is 31.6 Å². The Balaban J connectivity index is 1.31. The Bertz CT molecular complexity index is 1160. The molecule has 4 heterocycles. The molecule has 0 aliphatic carbocycles. The van der Waals surface area contributed by atoms with Gasteiger partial charge in [-0.1, -0.05) is 12.1 Å². The average Bonchev–Trinajstić information content (AvgIpc) is 3.18. The molecular formula is C24H27N3O3. The first-order valence-electron chi connectivity index (χ1n) is 10.7. The molecule has 2 aliphatic rings. The van der Waals surface area contributed by atoms with Gasteiger partial charge in [-0.3, -0.25) is 9.59 Å². The molecule has 2 aromatic heterocycles. The van der Waals surface area contributed by atoms with Gasteiger partial charge in [-0.25, -0.2) is 0 Å². The van der Waals surface area contributed by atoms with Crippen LogP contribution in [0.4, 0.5) is 0 Å². The second-order valence-corrected chi connectivity index (χ2v) is 8.79. The number of carbonyl (C=O) groups is 1. The normalized spacial score (nSPS) is 20.4. The minimum atomic E-state index is 0.0109. The Morgan fingerprint density at radius 3 is 2.77 bits per heavy atom. The Morgan fingerprint density at radius 2 is 1.93 bits per heavy atom. The van der Waals surface area contributed by atoms with Crippen molar-refractivity contribution >= 4 is 16.8 Å². The zero-order chi connectivity index (χ0) is 20.8. The third-order valence-corrected chi connectivity index (χ3v) is 6.46. The molecule has 1 saturated heterocycles. The van der Waals surface area contributed by atoms with Crippen molar-refractivity contribution in [2.24, 2.45) is 5.92 Å². The van der Waals surface area contributed by atoms with Crippen LogP contribution in [0.15, 0.2) is 53.5 Å². The first-order chi connectivity index (χ1) is 14.5. The molecule has 156 valence electrons. The van der Waals surface area contributed by atoms with Crippen molar-refractivity contribution in [3.63, 3.8) is 0 Å². The summed E-state index contributed by atoms with van der Waals surface area (Å²) in [6.07, 6.45) is 3.10. The Hall–Kier alpha value is -3.02. The van der Waals surface area contributed by atoms with Crippen molar-refractivity contribution in [1.29, 1.82) is 0 Å². The van der Waals surface area contributed by atoms with Gasteiger partial charge in [-0.2, -0.15) is 0 Å². The van der Waals surface area contributed by atoms with Crippen LogP contribution in [-0.2, 0) is 11.3 Å². The van der Waals surface area contributed by atoms with Gasteiger partial charge in [0.1, 0.15) is 5.75 Å². The number of aromatic nitrogens is 2. The number of rotatable bonds is 4. The minimum Gasteiger partial charge on any atom is -0.483 e. The first-order valence-corrected chi connectivity index (χ1v) is 10.7. The molecule has 2 aliphatic heterocycles. The van der Waals surface area contributed by atoms with Gasteiger partial charge in [0, 0.05) is 54.9 Å². The van der Waals surface area contributed by atoms with E-state index in [4.69, 9.17) is 4.74 Å². The number of carbonyl (C=O) groups excluding carboxylic acids is 1. The fourth-order valence-electron chi connectivity index (χ4n) is 5.07. The van der Waals surface area contributed by atoms with Crippen LogP contribution in [-0.4, -0.2) is 39.6 Å². The maximum absolute atomic E-state index is 13.0. The Labute approximate surface area is 175 Å². The number of hydrogen-bond donors (Lipinski definition) is 0. The Morgan fingerprint density at radius 1 is 1.10 bits per heavy atom. The highest BCUT2D eigenvalue weighted by Gasteiger charge is 2.36. The van der Waals surface area contributed by atoms with Gasteiger partial charge in [0.25, 0.3) is 11.5 Å². The number of fused-ring (bicyclic) bond motifs is 5. The predicted octanol–water partition coefficient (Wildman–Crippen LogP) is 3.41. The number of ether oxygens (including phenoxy) is 1. The topological polar surface area (TPSA) is 56.5 Å². The van der Waals surface area contributed by atoms with Gasteiger partial charge in [-0.15, -0.1) is 0 Å². The summed E-state index contributed by atoms with van der Waals surface area (Å²) in [6.45, 7) is 6.36. The fourth-order valence-corrected chi connectivity index (χ4v) is 5.07. The molecule has 1 amide bonds. The predicted molar refractivity (Wildman–Crippen MR) is 116 cm³/mol. The van der Waals surface area contributed by atoms with Crippen molar-refractivity contribution in [1.82, 2.24) is 14.0 Å². The summed E-state index contributed by atoms with van der Waals surface area (Å²) in [5.41, 5.74) is 2.23. The molecule has 6 nitrogen and oxygen atoms in total. The summed E-state index contributed by atoms with van der Waals surface area (Å²) in [6, 6.07) is 13.9. The zero-order valence-electron chi connectivity index (χ0n) is 17.5. The lowest BCUT2D eigenvalue weighted by molar-refractivity contribution is -0.136. The number of nitrogens with zero attached hydrogens (tertiary/aromatic N) is 3. The molecule has 2 unspecified atom stereocenters. The summed E-state index contributed by atoms with van der Waals surface area (Å²) >= 11 is 0. The van der Waals surface area contributed by atoms with Gasteiger partial charge in [0.05, 0.1) is 5.52 Å². The number of benzene rings is 1. The first kappa shape index (κ1) is 19.0. The molecule has 2 atom stereocenters. The van der Waals surface area contributed by atoms with Crippen molar-refractivity contribution in [3.8, 4) is 5.75 Å². The second-order valence-electron chi connectivity index (χ2n) is 8.79. The van der Waals surface area contributed by atoms with E-state index in [0.717, 1.165) is 28.8 Å². The lowest BCUT2D eigenvalue weighted by atomic mass is 9.83. The number of amides is 1. The zero-order valence-corrected chi connectivity index (χ0v) is 17.5. The molecule has 5 rings (SSSR count). The van der Waals surface area contributed by atoms with Crippen molar-refractivity contribution in [2.75, 3.05) is 19.7 Å². The van der Waals surface area contributed by atoms with E-state index >= 15 is 0 Å². The van der Waals surface area contributed by atoms with E-state index in [1.807, 2.05) is 33.7 Å². The third kappa shape index (κ3) is 3.20. The average molecular weight is 405 g/mol. The number of piperidine rings is 1. The van der Waals surface area contributed by atoms with Crippen LogP contribution in [0.5, 0.6) is 5.75 Å². The molecule has 0 spiro atoms. The molecule has 6 heteroatoms. The summed E-state index contributed by atoms with van der Waals surface area (Å²) in [4.78, 5) is 27.1. The van der Waals surface area contributed by atoms with Gasteiger partial charge >= 0.3 is 0 Å². The highest BCUT2D eigenvalue weighted by molar-refractivity contribution is 5.87. The van der Waals surface area contributed by atoms with E-state index in [1.165, 1.54) is 0 Å². The molecule has 1 aromatic carbocycles. The maximum atomic E-state index is 13.0. The van der Waals surface area contributed by atoms with Crippen LogP contribution >= 0.6 is 0 Å². The highest BCUT2D eigenvalue weighted by Crippen LogP contribution is 2.35. The summed E-state index contributed by atoms with van der Waals surface area (Å²) < 4.78 is 10.1. The Kier molecular flexibility index (Phi) is 4.65. The minimum absolute atomic E-state index is 0.0109. The largest absolute Gasteiger partial charge is 0.483 e. The SMILES string of the molecule is CC(C)n1ccc2c(OCC(=O)N3CC4CC(C3)c3cccc(=O)n3C4)cccc21. The third-order valence-electron chi connectivity index (χ3n) is 6.46. The number of likely N-dealkylation sites (tertiary alicyclic amines) is 1. The van der Waals surface area contributed by atoms with Gasteiger partial charge in [0.15, 0.2) is 6.61 Å². The summed E-state index contributed by atoms with van der Waals surface area (Å²) in [5, 5.41) is 1.03. The van der Waals surface area contributed by atoms with Gasteiger partial charge < -0.3 is 18.8 Å². The number of hydrogen-bond acceptors (Lipinski definition) is 3. The quantitative estimate of drug-likeness (QED) is 0.668. The summed E-state index contributed by atoms with van der Waals surface area (Å²) in [5.74, 6) is 1.30. The van der Waals surface area contributed by atoms with Crippen molar-refractivity contribution < 1.29 is 9.53 Å². The van der Waals surface area contributed by atoms with Crippen molar-refractivity contribution in [3.05, 3.63) is 64.7 Å². The maximum Gasteiger partial charge on any atom is 0.260 e. The van der Waals surface area contributed by atoms with E-state index in [2.05, 4.69) is 36.7 Å². The van der Waals surface area contributed by atoms with Crippen LogP contribution in [0, 0.1) is 5.92 Å². The number of pyridine rings is 1. The van der Waals surface area contributed by atoms with Crippen LogP contribution in [0.25, 0.3) is 10.9 Å². The molecule has 0 N–H and O–H groups in total. The van der Waals surface area contributed by atoms with E-state index in [9.17, 15) is 9.59 Å². The van der Waals surface area contributed by atoms with E-state index < -0.39 is 0 Å². The van der Waals surface area contributed by atoms with Crippen LogP contribution in [0.2, 0.25) is 0 Å². The standard InChI is InChI=1S/C24H27N3O3/c1-16(2)26-10-9-19-21(26)6-3-7-22(19)30-15-24(29)25-12-17-11-18(14-25)20-5-4-8-23(28)27(20)13-17/h3-10,16-18H,11-15H2,1-2H3. The lowest BCUT2D eigenvalue weighted by Crippen LogP contribution is -2.50. The van der Waals surface area contributed by atoms with E-state index in [1.54, 1.807) is 6.07 Å². The smallest absolute Gasteiger partial charge is 0.260 e. The monoisotopic (exact) mass is 405 g/mol. The molecule has 3 aromatic rings.